The zero-order valence-corrected chi connectivity index (χ0v) is 15.0. The molecule has 2 aliphatic rings. The predicted molar refractivity (Wildman–Crippen MR) is 94.6 cm³/mol. The smallest absolute Gasteiger partial charge is 0.308 e. The minimum Gasteiger partial charge on any atom is -0.481 e. The van der Waals surface area contributed by atoms with Crippen molar-refractivity contribution in [3.05, 3.63) is 42.0 Å². The topological polar surface area (TPSA) is 93.9 Å². The standard InChI is InChI=1S/C19H21N3O5/c1-12-20-5-7-21(12)6-4-18(23)22-9-14(15(10-22)19(24)25)13-2-3-16-17(8-13)27-11-26-16/h2-3,5,7-8,14-15H,4,6,9-11H2,1H3,(H,24,25)/t14-,15+/m1/s1. The van der Waals surface area contributed by atoms with Gasteiger partial charge in [-0.2, -0.15) is 0 Å². The number of aromatic nitrogens is 2. The van der Waals surface area contributed by atoms with Crippen LogP contribution in [0.25, 0.3) is 0 Å². The van der Waals surface area contributed by atoms with Crippen LogP contribution in [0.15, 0.2) is 30.6 Å². The first-order valence-corrected chi connectivity index (χ1v) is 8.91. The molecule has 1 amide bonds. The van der Waals surface area contributed by atoms with Crippen LogP contribution in [0.3, 0.4) is 0 Å². The van der Waals surface area contributed by atoms with E-state index >= 15 is 0 Å². The molecular weight excluding hydrogens is 350 g/mol. The van der Waals surface area contributed by atoms with Crippen LogP contribution in [0, 0.1) is 12.8 Å². The predicted octanol–water partition coefficient (Wildman–Crippen LogP) is 1.64. The second-order valence-electron chi connectivity index (χ2n) is 6.88. The fourth-order valence-electron chi connectivity index (χ4n) is 3.75. The molecule has 8 nitrogen and oxygen atoms in total. The van der Waals surface area contributed by atoms with E-state index in [1.165, 1.54) is 0 Å². The zero-order valence-electron chi connectivity index (χ0n) is 15.0. The van der Waals surface area contributed by atoms with Gasteiger partial charge in [-0.05, 0) is 24.6 Å². The number of nitrogens with zero attached hydrogens (tertiary/aromatic N) is 3. The van der Waals surface area contributed by atoms with E-state index in [0.717, 1.165) is 11.4 Å². The zero-order chi connectivity index (χ0) is 19.0. The summed E-state index contributed by atoms with van der Waals surface area (Å²) in [6, 6.07) is 5.48. The molecule has 0 bridgehead atoms. The quantitative estimate of drug-likeness (QED) is 0.859. The van der Waals surface area contributed by atoms with Gasteiger partial charge in [0.15, 0.2) is 11.5 Å². The molecule has 8 heteroatoms. The third-order valence-electron chi connectivity index (χ3n) is 5.30. The fraction of sp³-hybridized carbons (Fsp3) is 0.421. The lowest BCUT2D eigenvalue weighted by Gasteiger charge is -2.17. The van der Waals surface area contributed by atoms with Crippen LogP contribution in [-0.4, -0.2) is 51.3 Å². The fourth-order valence-corrected chi connectivity index (χ4v) is 3.75. The number of likely N-dealkylation sites (tertiary alicyclic amines) is 1. The lowest BCUT2D eigenvalue weighted by atomic mass is 9.89. The Bertz CT molecular complexity index is 878. The molecule has 2 aliphatic heterocycles. The van der Waals surface area contributed by atoms with E-state index in [9.17, 15) is 14.7 Å². The molecular formula is C19H21N3O5. The van der Waals surface area contributed by atoms with Gasteiger partial charge in [-0.15, -0.1) is 0 Å². The SMILES string of the molecule is Cc1nccn1CCC(=O)N1C[C@H](C(=O)O)[C@@H](c2ccc3c(c2)OCO3)C1. The normalized spacial score (nSPS) is 20.9. The maximum Gasteiger partial charge on any atom is 0.308 e. The number of aryl methyl sites for hydroxylation is 2. The summed E-state index contributed by atoms with van der Waals surface area (Å²) >= 11 is 0. The second-order valence-corrected chi connectivity index (χ2v) is 6.88. The summed E-state index contributed by atoms with van der Waals surface area (Å²) in [5, 5.41) is 9.65. The van der Waals surface area contributed by atoms with Crippen LogP contribution in [0.5, 0.6) is 11.5 Å². The van der Waals surface area contributed by atoms with Crippen molar-refractivity contribution in [3.63, 3.8) is 0 Å². The van der Waals surface area contributed by atoms with E-state index < -0.39 is 11.9 Å². The maximum absolute atomic E-state index is 12.6. The molecule has 1 saturated heterocycles. The van der Waals surface area contributed by atoms with Gasteiger partial charge in [0.05, 0.1) is 5.92 Å². The third kappa shape index (κ3) is 3.34. The highest BCUT2D eigenvalue weighted by Gasteiger charge is 2.40. The van der Waals surface area contributed by atoms with Crippen molar-refractivity contribution in [2.24, 2.45) is 5.92 Å². The van der Waals surface area contributed by atoms with Crippen molar-refractivity contribution in [1.29, 1.82) is 0 Å². The van der Waals surface area contributed by atoms with Crippen LogP contribution in [-0.2, 0) is 16.1 Å². The number of carbonyl (C=O) groups excluding carboxylic acids is 1. The molecule has 0 saturated carbocycles. The molecule has 0 aliphatic carbocycles. The first-order valence-electron chi connectivity index (χ1n) is 8.91. The molecule has 0 radical (unpaired) electrons. The number of carbonyl (C=O) groups is 2. The summed E-state index contributed by atoms with van der Waals surface area (Å²) in [6.07, 6.45) is 3.85. The minimum atomic E-state index is -0.890. The second kappa shape index (κ2) is 6.94. The van der Waals surface area contributed by atoms with Crippen molar-refractivity contribution in [1.82, 2.24) is 14.5 Å². The molecule has 1 aromatic heterocycles. The van der Waals surface area contributed by atoms with E-state index in [4.69, 9.17) is 9.47 Å². The van der Waals surface area contributed by atoms with Gasteiger partial charge in [-0.1, -0.05) is 6.07 Å². The van der Waals surface area contributed by atoms with Crippen molar-refractivity contribution in [2.45, 2.75) is 25.8 Å². The van der Waals surface area contributed by atoms with Gasteiger partial charge in [0.1, 0.15) is 5.82 Å². The Hall–Kier alpha value is -3.03. The number of hydrogen-bond acceptors (Lipinski definition) is 5. The van der Waals surface area contributed by atoms with Crippen molar-refractivity contribution < 1.29 is 24.2 Å². The molecule has 142 valence electrons. The highest BCUT2D eigenvalue weighted by atomic mass is 16.7. The highest BCUT2D eigenvalue weighted by Crippen LogP contribution is 2.39. The van der Waals surface area contributed by atoms with Crippen LogP contribution in [0.4, 0.5) is 0 Å². The Morgan fingerprint density at radius 2 is 2.07 bits per heavy atom. The number of ether oxygens (including phenoxy) is 2. The summed E-state index contributed by atoms with van der Waals surface area (Å²) < 4.78 is 12.6. The van der Waals surface area contributed by atoms with Crippen molar-refractivity contribution in [3.8, 4) is 11.5 Å². The summed E-state index contributed by atoms with van der Waals surface area (Å²) in [7, 11) is 0. The number of amides is 1. The van der Waals surface area contributed by atoms with Crippen molar-refractivity contribution in [2.75, 3.05) is 19.9 Å². The minimum absolute atomic E-state index is 0.0439. The van der Waals surface area contributed by atoms with Gasteiger partial charge < -0.3 is 24.0 Å². The molecule has 1 fully saturated rings. The number of carboxylic acids is 1. The summed E-state index contributed by atoms with van der Waals surface area (Å²) in [5.41, 5.74) is 0.854. The number of fused-ring (bicyclic) bond motifs is 1. The summed E-state index contributed by atoms with van der Waals surface area (Å²) in [6.45, 7) is 3.20. The molecule has 3 heterocycles. The molecule has 1 aromatic carbocycles. The van der Waals surface area contributed by atoms with Gasteiger partial charge in [0, 0.05) is 44.4 Å². The van der Waals surface area contributed by atoms with E-state index in [0.29, 0.717) is 31.0 Å². The first kappa shape index (κ1) is 17.4. The lowest BCUT2D eigenvalue weighted by Crippen LogP contribution is -2.30. The Balaban J connectivity index is 1.47. The Morgan fingerprint density at radius 1 is 1.26 bits per heavy atom. The monoisotopic (exact) mass is 371 g/mol. The third-order valence-corrected chi connectivity index (χ3v) is 5.30. The summed E-state index contributed by atoms with van der Waals surface area (Å²) in [5.74, 6) is 0.298. The van der Waals surface area contributed by atoms with Gasteiger partial charge in [-0.3, -0.25) is 9.59 Å². The average Bonchev–Trinajstić information content (AvgIpc) is 3.38. The Kier molecular flexibility index (Phi) is 4.47. The first-order chi connectivity index (χ1) is 13.0. The molecule has 2 aromatic rings. The molecule has 2 atom stereocenters. The number of benzene rings is 1. The summed E-state index contributed by atoms with van der Waals surface area (Å²) in [4.78, 5) is 30.2. The molecule has 1 N–H and O–H groups in total. The van der Waals surface area contributed by atoms with E-state index in [1.807, 2.05) is 29.8 Å². The van der Waals surface area contributed by atoms with Gasteiger partial charge in [-0.25, -0.2) is 4.98 Å². The number of aliphatic carboxylic acids is 1. The maximum atomic E-state index is 12.6. The van der Waals surface area contributed by atoms with Crippen LogP contribution < -0.4 is 9.47 Å². The van der Waals surface area contributed by atoms with Gasteiger partial charge in [0.25, 0.3) is 0 Å². The van der Waals surface area contributed by atoms with Gasteiger partial charge in [0.2, 0.25) is 12.7 Å². The molecule has 0 unspecified atom stereocenters. The van der Waals surface area contributed by atoms with E-state index in [1.54, 1.807) is 17.2 Å². The lowest BCUT2D eigenvalue weighted by molar-refractivity contribution is -0.141. The number of rotatable bonds is 5. The number of imidazole rings is 1. The molecule has 0 spiro atoms. The Labute approximate surface area is 156 Å². The molecule has 27 heavy (non-hydrogen) atoms. The van der Waals surface area contributed by atoms with E-state index in [-0.39, 0.29) is 25.2 Å². The Morgan fingerprint density at radius 3 is 2.81 bits per heavy atom. The molecule has 4 rings (SSSR count). The van der Waals surface area contributed by atoms with Crippen LogP contribution in [0.2, 0.25) is 0 Å². The largest absolute Gasteiger partial charge is 0.481 e. The average molecular weight is 371 g/mol. The number of carboxylic acid groups (broad SMARTS) is 1. The van der Waals surface area contributed by atoms with Crippen LogP contribution >= 0.6 is 0 Å². The highest BCUT2D eigenvalue weighted by molar-refractivity contribution is 5.79. The van der Waals surface area contributed by atoms with Gasteiger partial charge >= 0.3 is 5.97 Å². The van der Waals surface area contributed by atoms with Crippen molar-refractivity contribution >= 4 is 11.9 Å². The van der Waals surface area contributed by atoms with E-state index in [2.05, 4.69) is 4.98 Å². The number of hydrogen-bond donors (Lipinski definition) is 1. The van der Waals surface area contributed by atoms with Crippen LogP contribution in [0.1, 0.15) is 23.7 Å².